The van der Waals surface area contributed by atoms with E-state index in [0.29, 0.717) is 6.42 Å². The predicted molar refractivity (Wildman–Crippen MR) is 143 cm³/mol. The number of carbonyl (C=O) groups is 2. The normalized spacial score (nSPS) is 25.0. The second kappa shape index (κ2) is 10.5. The Balaban J connectivity index is 1.71. The van der Waals surface area contributed by atoms with Gasteiger partial charge < -0.3 is 14.8 Å². The third-order valence-corrected chi connectivity index (χ3v) is 10.3. The summed E-state index contributed by atoms with van der Waals surface area (Å²) in [7, 11) is -3.13. The lowest BCUT2D eigenvalue weighted by Crippen LogP contribution is -2.61. The second-order valence-electron chi connectivity index (χ2n) is 11.0. The van der Waals surface area contributed by atoms with Crippen LogP contribution in [-0.4, -0.2) is 65.8 Å². The van der Waals surface area contributed by atoms with Gasteiger partial charge in [0.05, 0.1) is 27.4 Å². The summed E-state index contributed by atoms with van der Waals surface area (Å²) < 4.78 is 67.2. The first-order valence-corrected chi connectivity index (χ1v) is 14.1. The van der Waals surface area contributed by atoms with Gasteiger partial charge in [-0.15, -0.1) is 0 Å². The number of aromatic nitrogens is 3. The van der Waals surface area contributed by atoms with Crippen LogP contribution in [0.5, 0.6) is 5.88 Å². The summed E-state index contributed by atoms with van der Waals surface area (Å²) in [5.74, 6) is -2.17. The van der Waals surface area contributed by atoms with Crippen LogP contribution in [0.2, 0.25) is 0 Å². The monoisotopic (exact) mass is 597 g/mol. The zero-order valence-electron chi connectivity index (χ0n) is 23.2. The number of halogens is 3. The lowest BCUT2D eigenvalue weighted by molar-refractivity contribution is -0.0531. The molecule has 0 aliphatic carbocycles. The molecule has 0 aromatic carbocycles. The van der Waals surface area contributed by atoms with Crippen molar-refractivity contribution in [3.63, 3.8) is 0 Å². The average Bonchev–Trinajstić information content (AvgIpc) is 3.27. The summed E-state index contributed by atoms with van der Waals surface area (Å²) in [6.45, 7) is 7.02. The van der Waals surface area contributed by atoms with Crippen molar-refractivity contribution in [1.29, 1.82) is 0 Å². The molecule has 0 spiro atoms. The number of ether oxygens (including phenoxy) is 2. The Morgan fingerprint density at radius 2 is 1.83 bits per heavy atom. The molecule has 4 heterocycles. The van der Waals surface area contributed by atoms with Crippen molar-refractivity contribution in [1.82, 2.24) is 20.3 Å². The molecule has 12 nitrogen and oxygen atoms in total. The van der Waals surface area contributed by atoms with Gasteiger partial charge in [-0.1, -0.05) is 0 Å². The van der Waals surface area contributed by atoms with Crippen LogP contribution in [0.3, 0.4) is 0 Å². The molecule has 0 unspecified atom stereocenters. The van der Waals surface area contributed by atoms with E-state index in [-0.39, 0.29) is 29.6 Å². The van der Waals surface area contributed by atoms with Gasteiger partial charge in [-0.25, -0.2) is 32.7 Å². The van der Waals surface area contributed by atoms with Gasteiger partial charge in [0.1, 0.15) is 44.7 Å². The zero-order valence-corrected chi connectivity index (χ0v) is 24.0. The maximum absolute atomic E-state index is 15.4. The minimum absolute atomic E-state index is 0.00170. The first-order valence-electron chi connectivity index (χ1n) is 12.5. The molecule has 0 fully saturated rings. The molecule has 2 aromatic rings. The number of anilines is 1. The Hall–Kier alpha value is -3.82. The summed E-state index contributed by atoms with van der Waals surface area (Å²) in [5.41, 5.74) is -2.86. The predicted octanol–water partition coefficient (Wildman–Crippen LogP) is 4.04. The highest BCUT2D eigenvalue weighted by atomic mass is 32.2. The molecule has 0 radical (unpaired) electrons. The van der Waals surface area contributed by atoms with Crippen molar-refractivity contribution in [3.05, 3.63) is 41.7 Å². The fraction of sp³-hybridized carbons (Fsp3) is 0.520. The van der Waals surface area contributed by atoms with Crippen LogP contribution >= 0.6 is 0 Å². The molecule has 4 rings (SSSR count). The first-order chi connectivity index (χ1) is 19.0. The molecule has 2 aliphatic rings. The van der Waals surface area contributed by atoms with Crippen molar-refractivity contribution < 1.29 is 36.4 Å². The number of alkyl halides is 2. The van der Waals surface area contributed by atoms with Crippen molar-refractivity contribution in [2.45, 2.75) is 75.7 Å². The summed E-state index contributed by atoms with van der Waals surface area (Å²) in [5, 5.41) is 4.28. The molecule has 0 bridgehead atoms. The number of hydrogen-bond donors (Lipinski definition) is 2. The third kappa shape index (κ3) is 5.83. The van der Waals surface area contributed by atoms with Crippen LogP contribution < -0.4 is 15.4 Å². The zero-order chi connectivity index (χ0) is 30.4. The third-order valence-electron chi connectivity index (χ3n) is 6.59. The molecule has 222 valence electrons. The van der Waals surface area contributed by atoms with Gasteiger partial charge in [0.25, 0.3) is 5.91 Å². The fourth-order valence-corrected chi connectivity index (χ4v) is 7.83. The van der Waals surface area contributed by atoms with Gasteiger partial charge in [-0.3, -0.25) is 15.1 Å². The largest absolute Gasteiger partial charge is 0.444 e. The van der Waals surface area contributed by atoms with E-state index in [4.69, 9.17) is 9.73 Å². The van der Waals surface area contributed by atoms with E-state index < -0.39 is 61.2 Å². The van der Waals surface area contributed by atoms with Crippen LogP contribution in [0.4, 0.5) is 23.8 Å². The maximum Gasteiger partial charge on any atom is 0.413 e. The van der Waals surface area contributed by atoms with Crippen LogP contribution in [0.1, 0.15) is 64.1 Å². The molecular weight excluding hydrogens is 567 g/mol. The quantitative estimate of drug-likeness (QED) is 0.523. The van der Waals surface area contributed by atoms with E-state index in [0.717, 1.165) is 18.5 Å². The minimum atomic E-state index is -3.13. The first kappa shape index (κ1) is 30.1. The number of rotatable bonds is 5. The van der Waals surface area contributed by atoms with Crippen molar-refractivity contribution in [2.24, 2.45) is 9.36 Å². The topological polar surface area (TPSA) is 157 Å². The van der Waals surface area contributed by atoms with Crippen LogP contribution in [0.25, 0.3) is 0 Å². The second-order valence-corrected chi connectivity index (χ2v) is 14.0. The number of fused-ring (bicyclic) bond motifs is 1. The van der Waals surface area contributed by atoms with Gasteiger partial charge in [0, 0.05) is 6.54 Å². The van der Waals surface area contributed by atoms with E-state index in [9.17, 15) is 22.6 Å². The lowest BCUT2D eigenvalue weighted by Gasteiger charge is -2.44. The van der Waals surface area contributed by atoms with Gasteiger partial charge in [0.2, 0.25) is 5.88 Å². The van der Waals surface area contributed by atoms with Gasteiger partial charge >= 0.3 is 12.7 Å². The van der Waals surface area contributed by atoms with E-state index in [1.165, 1.54) is 6.07 Å². The number of carbonyl (C=O) groups excluding carboxylic acids is 2. The number of nitrogens with zero attached hydrogens (tertiary/aromatic N) is 5. The highest BCUT2D eigenvalue weighted by Crippen LogP contribution is 2.47. The van der Waals surface area contributed by atoms with Crippen molar-refractivity contribution in [3.8, 4) is 5.88 Å². The molecular formula is C25H30F3N7O5S. The number of amides is 2. The average molecular weight is 598 g/mol. The van der Waals surface area contributed by atoms with E-state index in [1.54, 1.807) is 41.5 Å². The SMILES string of the molecule is CC(C)(C)OC(=O)NC1=N[C@](C)(c2nc(NC(=O)c3cnc(OC(F)F)cn3)ccc2F)[C@H]2CCN=[S@@]2(=O)C1(C)C. The summed E-state index contributed by atoms with van der Waals surface area (Å²) >= 11 is 0. The van der Waals surface area contributed by atoms with Crippen LogP contribution in [0, 0.1) is 5.82 Å². The fourth-order valence-electron chi connectivity index (χ4n) is 4.66. The Labute approximate surface area is 234 Å². The van der Waals surface area contributed by atoms with Crippen LogP contribution in [0.15, 0.2) is 33.9 Å². The Morgan fingerprint density at radius 3 is 2.44 bits per heavy atom. The number of alkyl carbamates (subject to hydrolysis) is 1. The molecule has 2 N–H and O–H groups in total. The van der Waals surface area contributed by atoms with E-state index >= 15 is 4.39 Å². The molecule has 41 heavy (non-hydrogen) atoms. The van der Waals surface area contributed by atoms with Gasteiger partial charge in [-0.2, -0.15) is 8.78 Å². The molecule has 0 saturated heterocycles. The number of aliphatic imine (C=N–C) groups is 1. The minimum Gasteiger partial charge on any atom is -0.444 e. The highest BCUT2D eigenvalue weighted by Gasteiger charge is 2.58. The number of amidine groups is 1. The molecule has 2 aromatic heterocycles. The molecule has 0 saturated carbocycles. The van der Waals surface area contributed by atoms with Gasteiger partial charge in [0.15, 0.2) is 0 Å². The standard InChI is InChI=1S/C25H30F3N7O5S/c1-23(2,3)40-22(37)34-20-24(4,5)41(38)15(9-10-31-41)25(6,35-20)18-13(26)7-8-16(32-18)33-19(36)14-11-30-17(12-29-14)39-21(27)28/h7-8,11-12,15,21H,9-10H2,1-6H3,(H,32,33,36)(H,34,35,37)/t15-,25+,41+/m1/s1. The smallest absolute Gasteiger partial charge is 0.413 e. The lowest BCUT2D eigenvalue weighted by atomic mass is 9.89. The summed E-state index contributed by atoms with van der Waals surface area (Å²) in [6.07, 6.45) is 1.27. The highest BCUT2D eigenvalue weighted by molar-refractivity contribution is 7.96. The number of hydrogen-bond acceptors (Lipinski definition) is 10. The van der Waals surface area contributed by atoms with E-state index in [2.05, 4.69) is 34.7 Å². The Kier molecular flexibility index (Phi) is 7.75. The molecule has 2 aliphatic heterocycles. The summed E-state index contributed by atoms with van der Waals surface area (Å²) in [4.78, 5) is 41.8. The van der Waals surface area contributed by atoms with E-state index in [1.807, 2.05) is 0 Å². The van der Waals surface area contributed by atoms with Gasteiger partial charge in [-0.05, 0) is 60.1 Å². The molecule has 3 atom stereocenters. The maximum atomic E-state index is 15.4. The Morgan fingerprint density at radius 1 is 1.12 bits per heavy atom. The molecule has 16 heteroatoms. The Bertz CT molecular complexity index is 1520. The van der Waals surface area contributed by atoms with Crippen molar-refractivity contribution >= 4 is 33.4 Å². The molecule has 2 amide bonds. The van der Waals surface area contributed by atoms with Crippen LogP contribution in [-0.2, 0) is 20.0 Å². The number of pyridine rings is 1. The van der Waals surface area contributed by atoms with Crippen molar-refractivity contribution in [2.75, 3.05) is 11.9 Å². The number of nitrogens with one attached hydrogen (secondary N) is 2. The summed E-state index contributed by atoms with van der Waals surface area (Å²) in [6, 6.07) is 2.27.